The Balaban J connectivity index is 1.06. The van der Waals surface area contributed by atoms with Gasteiger partial charge in [-0.25, -0.2) is 0 Å². The normalized spacial score (nSPS) is 80.0. The molecule has 0 aromatic carbocycles. The predicted molar refractivity (Wildman–Crippen MR) is 93.3 cm³/mol. The molecule has 0 unspecified atom stereocenters. The molecule has 0 amide bonds. The van der Waals surface area contributed by atoms with Gasteiger partial charge in [-0.05, 0) is 146 Å². The summed E-state index contributed by atoms with van der Waals surface area (Å²) in [4.78, 5) is 0. The van der Waals surface area contributed by atoms with Crippen LogP contribution in [-0.4, -0.2) is 0 Å². The number of hydrogen-bond acceptors (Lipinski definition) is 0. The van der Waals surface area contributed by atoms with Gasteiger partial charge in [-0.2, -0.15) is 0 Å². The number of hydrogen-bond donors (Lipinski definition) is 0. The molecule has 0 N–H and O–H groups in total. The van der Waals surface area contributed by atoms with Crippen molar-refractivity contribution in [3.8, 4) is 0 Å². The van der Waals surface area contributed by atoms with E-state index in [0.29, 0.717) is 0 Å². The summed E-state index contributed by atoms with van der Waals surface area (Å²) in [6.07, 6.45) is 26.8. The molecule has 0 nitrogen and oxygen atoms in total. The smallest absolute Gasteiger partial charge is 0.0276 e. The van der Waals surface area contributed by atoms with E-state index in [-0.39, 0.29) is 0 Å². The maximum Gasteiger partial charge on any atom is -0.0276 e. The third-order valence-corrected chi connectivity index (χ3v) is 12.0. The molecule has 8 aliphatic rings. The van der Waals surface area contributed by atoms with Gasteiger partial charge in [0.2, 0.25) is 0 Å². The third-order valence-electron chi connectivity index (χ3n) is 12.0. The van der Waals surface area contributed by atoms with Crippen molar-refractivity contribution in [3.63, 3.8) is 0 Å². The van der Waals surface area contributed by atoms with Gasteiger partial charge in [0, 0.05) is 0 Å². The highest BCUT2D eigenvalue weighted by molar-refractivity contribution is 5.32. The molecule has 8 aliphatic carbocycles. The molecule has 24 heavy (non-hydrogen) atoms. The van der Waals surface area contributed by atoms with E-state index in [9.17, 15) is 0 Å². The van der Waals surface area contributed by atoms with Crippen LogP contribution in [0.5, 0.6) is 0 Å². The Labute approximate surface area is 146 Å². The van der Waals surface area contributed by atoms with Crippen molar-refractivity contribution in [2.24, 2.45) is 43.3 Å². The van der Waals surface area contributed by atoms with E-state index in [2.05, 4.69) is 0 Å². The second-order valence-corrected chi connectivity index (χ2v) is 14.8. The van der Waals surface area contributed by atoms with Crippen molar-refractivity contribution in [1.29, 1.82) is 0 Å². The molecule has 0 atom stereocenters. The molecule has 0 heteroatoms. The van der Waals surface area contributed by atoms with Crippen molar-refractivity contribution in [1.82, 2.24) is 0 Å². The molecule has 0 radical (unpaired) electrons. The molecule has 0 aromatic rings. The second kappa shape index (κ2) is 2.72. The highest BCUT2D eigenvalue weighted by Gasteiger charge is 2.81. The minimum atomic E-state index is 0.894. The zero-order chi connectivity index (χ0) is 15.3. The Morgan fingerprint density at radius 2 is 0.250 bits per heavy atom. The van der Waals surface area contributed by atoms with Gasteiger partial charge in [0.05, 0.1) is 0 Å². The first kappa shape index (κ1) is 12.4. The van der Waals surface area contributed by atoms with E-state index in [1.54, 1.807) is 103 Å². The molecule has 8 spiro atoms. The maximum atomic E-state index is 1.68. The van der Waals surface area contributed by atoms with Gasteiger partial charge < -0.3 is 0 Å². The van der Waals surface area contributed by atoms with Crippen molar-refractivity contribution in [3.05, 3.63) is 0 Å². The van der Waals surface area contributed by atoms with Crippen molar-refractivity contribution in [2.75, 3.05) is 0 Å². The topological polar surface area (TPSA) is 0 Å². The van der Waals surface area contributed by atoms with Crippen LogP contribution in [0.4, 0.5) is 0 Å². The Bertz CT molecular complexity index is 436. The Kier molecular flexibility index (Phi) is 1.40. The summed E-state index contributed by atoms with van der Waals surface area (Å²) in [5.74, 6) is 0. The summed E-state index contributed by atoms with van der Waals surface area (Å²) < 4.78 is 0. The van der Waals surface area contributed by atoms with E-state index in [1.807, 2.05) is 0 Å². The van der Waals surface area contributed by atoms with E-state index in [1.165, 1.54) is 0 Å². The lowest BCUT2D eigenvalue weighted by molar-refractivity contribution is -0.358. The van der Waals surface area contributed by atoms with E-state index in [4.69, 9.17) is 0 Å². The first-order chi connectivity index (χ1) is 11.3. The third kappa shape index (κ3) is 1.05. The fourth-order valence-corrected chi connectivity index (χ4v) is 14.3. The summed E-state index contributed by atoms with van der Waals surface area (Å²) in [5, 5.41) is 0. The van der Waals surface area contributed by atoms with Crippen LogP contribution in [0.25, 0.3) is 0 Å². The van der Waals surface area contributed by atoms with Gasteiger partial charge in [-0.3, -0.25) is 0 Å². The van der Waals surface area contributed by atoms with Gasteiger partial charge in [-0.15, -0.1) is 0 Å². The van der Waals surface area contributed by atoms with Crippen molar-refractivity contribution >= 4 is 0 Å². The average molecular weight is 321 g/mol. The Morgan fingerprint density at radius 3 is 0.333 bits per heavy atom. The first-order valence-corrected chi connectivity index (χ1v) is 11.3. The summed E-state index contributed by atoms with van der Waals surface area (Å²) in [6.45, 7) is 0. The van der Waals surface area contributed by atoms with Crippen molar-refractivity contribution < 1.29 is 0 Å². The SMILES string of the molecule is C1C23CC14CC1(C4)CC4(C1)CC1(C4)CC4(CC5(CC(C2)(C3)C5)C4)C1. The highest BCUT2D eigenvalue weighted by atomic mass is 14.9. The largest absolute Gasteiger partial charge is 0.0418 e. The first-order valence-electron chi connectivity index (χ1n) is 11.3. The zero-order valence-electron chi connectivity index (χ0n) is 15.3. The second-order valence-electron chi connectivity index (χ2n) is 14.8. The minimum absolute atomic E-state index is 0.894. The molecule has 0 aliphatic heterocycles. The lowest BCUT2D eigenvalue weighted by atomic mass is 9.19. The average Bonchev–Trinajstić information content (AvgIpc) is 2.11. The standard InChI is InChI=1S/C24H32/c1-17-2-18(1)5-20(6-18)9-22(10-20)13-24(14-22)15-23(16-24)11-21(12-23)7-19(3-17,4-17)8-21/h1-16H2. The van der Waals surface area contributed by atoms with Crippen LogP contribution < -0.4 is 0 Å². The monoisotopic (exact) mass is 320 g/mol. The van der Waals surface area contributed by atoms with Crippen molar-refractivity contribution in [2.45, 2.75) is 103 Å². The van der Waals surface area contributed by atoms with Crippen LogP contribution in [0, 0.1) is 43.3 Å². The molecule has 8 saturated carbocycles. The van der Waals surface area contributed by atoms with Crippen LogP contribution >= 0.6 is 0 Å². The van der Waals surface area contributed by atoms with E-state index < -0.39 is 0 Å². The highest BCUT2D eigenvalue weighted by Crippen LogP contribution is 2.92. The van der Waals surface area contributed by atoms with Crippen LogP contribution in [0.1, 0.15) is 103 Å². The van der Waals surface area contributed by atoms with Crippen LogP contribution in [0.2, 0.25) is 0 Å². The summed E-state index contributed by atoms with van der Waals surface area (Å²) >= 11 is 0. The van der Waals surface area contributed by atoms with Gasteiger partial charge in [-0.1, -0.05) is 0 Å². The van der Waals surface area contributed by atoms with E-state index >= 15 is 0 Å². The zero-order valence-corrected chi connectivity index (χ0v) is 15.3. The maximum absolute atomic E-state index is 1.68. The fraction of sp³-hybridized carbons (Fsp3) is 1.00. The molecule has 0 heterocycles. The molecule has 0 saturated heterocycles. The fourth-order valence-electron chi connectivity index (χ4n) is 14.3. The summed E-state index contributed by atoms with van der Waals surface area (Å²) in [5.41, 5.74) is 7.15. The Morgan fingerprint density at radius 1 is 0.167 bits per heavy atom. The van der Waals surface area contributed by atoms with Crippen LogP contribution in [0.15, 0.2) is 0 Å². The van der Waals surface area contributed by atoms with Gasteiger partial charge in [0.1, 0.15) is 0 Å². The molecule has 8 fully saturated rings. The summed E-state index contributed by atoms with van der Waals surface area (Å²) in [7, 11) is 0. The van der Waals surface area contributed by atoms with E-state index in [0.717, 1.165) is 43.3 Å². The quantitative estimate of drug-likeness (QED) is 0.495. The van der Waals surface area contributed by atoms with Crippen LogP contribution in [-0.2, 0) is 0 Å². The molecule has 128 valence electrons. The molecule has 8 rings (SSSR count). The number of rotatable bonds is 0. The molecular formula is C24H32. The lowest BCUT2D eigenvalue weighted by Gasteiger charge is -2.86. The molecular weight excluding hydrogens is 288 g/mol. The van der Waals surface area contributed by atoms with Gasteiger partial charge in [0.25, 0.3) is 0 Å². The van der Waals surface area contributed by atoms with Gasteiger partial charge in [0.15, 0.2) is 0 Å². The summed E-state index contributed by atoms with van der Waals surface area (Å²) in [6, 6.07) is 0. The molecule has 0 aromatic heterocycles. The lowest BCUT2D eigenvalue weighted by Crippen LogP contribution is -2.75. The van der Waals surface area contributed by atoms with Crippen LogP contribution in [0.3, 0.4) is 0 Å². The molecule has 0 bridgehead atoms. The van der Waals surface area contributed by atoms with Gasteiger partial charge >= 0.3 is 0 Å². The minimum Gasteiger partial charge on any atom is -0.0418 e. The Hall–Kier alpha value is 0. The predicted octanol–water partition coefficient (Wildman–Crippen LogP) is 6.24.